The zero-order valence-corrected chi connectivity index (χ0v) is 16.3. The van der Waals surface area contributed by atoms with Crippen LogP contribution in [0, 0.1) is 5.92 Å². The Hall–Kier alpha value is -2.54. The van der Waals surface area contributed by atoms with Crippen molar-refractivity contribution >= 4 is 39.1 Å². The van der Waals surface area contributed by atoms with E-state index in [1.165, 1.54) is 5.69 Å². The smallest absolute Gasteiger partial charge is 0.262 e. The van der Waals surface area contributed by atoms with Crippen molar-refractivity contribution in [1.29, 1.82) is 0 Å². The molecule has 2 amide bonds. The first-order valence-corrected chi connectivity index (χ1v) is 9.73. The summed E-state index contributed by atoms with van der Waals surface area (Å²) in [7, 11) is 0. The van der Waals surface area contributed by atoms with Crippen molar-refractivity contribution in [3.8, 4) is 5.75 Å². The minimum atomic E-state index is -0.184. The fraction of sp³-hybridized carbons (Fsp3) is 0.300. The van der Waals surface area contributed by atoms with Gasteiger partial charge in [-0.15, -0.1) is 0 Å². The number of hydrogen-bond donors (Lipinski definition) is 2. The molecule has 0 aromatic heterocycles. The lowest BCUT2D eigenvalue weighted by Crippen LogP contribution is -2.31. The fourth-order valence-corrected chi connectivity index (χ4v) is 3.70. The topological polar surface area (TPSA) is 70.7 Å². The molecule has 2 aromatic carbocycles. The number of ether oxygens (including phenoxy) is 1. The van der Waals surface area contributed by atoms with Crippen LogP contribution in [0.3, 0.4) is 0 Å². The second-order valence-electron chi connectivity index (χ2n) is 6.83. The van der Waals surface area contributed by atoms with Crippen molar-refractivity contribution in [3.05, 3.63) is 52.5 Å². The summed E-state index contributed by atoms with van der Waals surface area (Å²) in [5, 5.41) is 5.74. The van der Waals surface area contributed by atoms with Gasteiger partial charge in [0.1, 0.15) is 5.75 Å². The SMILES string of the molecule is O=C1COc2cc(C(=O)NCC3CCN(c4ccc(Br)cc4)C3)ccc2N1. The third kappa shape index (κ3) is 4.08. The Morgan fingerprint density at radius 1 is 1.26 bits per heavy atom. The highest BCUT2D eigenvalue weighted by molar-refractivity contribution is 9.10. The Balaban J connectivity index is 1.32. The average Bonchev–Trinajstić information content (AvgIpc) is 3.15. The third-order valence-electron chi connectivity index (χ3n) is 4.91. The van der Waals surface area contributed by atoms with Gasteiger partial charge in [0.2, 0.25) is 0 Å². The first kappa shape index (κ1) is 17.9. The fourth-order valence-electron chi connectivity index (χ4n) is 3.44. The molecule has 1 atom stereocenters. The number of hydrogen-bond acceptors (Lipinski definition) is 4. The van der Waals surface area contributed by atoms with Crippen LogP contribution in [-0.2, 0) is 4.79 Å². The molecule has 2 aliphatic heterocycles. The number of halogens is 1. The second kappa shape index (κ2) is 7.60. The van der Waals surface area contributed by atoms with Crippen molar-refractivity contribution in [3.63, 3.8) is 0 Å². The predicted octanol–water partition coefficient (Wildman–Crippen LogP) is 3.04. The van der Waals surface area contributed by atoms with Crippen molar-refractivity contribution < 1.29 is 14.3 Å². The molecule has 0 saturated carbocycles. The van der Waals surface area contributed by atoms with Gasteiger partial charge in [0, 0.05) is 35.4 Å². The molecule has 0 spiro atoms. The molecule has 6 nitrogen and oxygen atoms in total. The summed E-state index contributed by atoms with van der Waals surface area (Å²) in [6, 6.07) is 13.4. The third-order valence-corrected chi connectivity index (χ3v) is 5.43. The monoisotopic (exact) mass is 429 g/mol. The summed E-state index contributed by atoms with van der Waals surface area (Å²) in [6.07, 6.45) is 1.05. The van der Waals surface area contributed by atoms with Crippen LogP contribution in [0.5, 0.6) is 5.75 Å². The summed E-state index contributed by atoms with van der Waals surface area (Å²) >= 11 is 3.46. The molecule has 1 unspecified atom stereocenters. The van der Waals surface area contributed by atoms with E-state index in [4.69, 9.17) is 4.74 Å². The van der Waals surface area contributed by atoms with Crippen LogP contribution in [0.25, 0.3) is 0 Å². The quantitative estimate of drug-likeness (QED) is 0.783. The summed E-state index contributed by atoms with van der Waals surface area (Å²) < 4.78 is 6.45. The Morgan fingerprint density at radius 2 is 2.07 bits per heavy atom. The highest BCUT2D eigenvalue weighted by atomic mass is 79.9. The number of rotatable bonds is 4. The van der Waals surface area contributed by atoms with E-state index in [0.29, 0.717) is 29.5 Å². The van der Waals surface area contributed by atoms with E-state index in [9.17, 15) is 9.59 Å². The van der Waals surface area contributed by atoms with Crippen molar-refractivity contribution in [1.82, 2.24) is 5.32 Å². The van der Waals surface area contributed by atoms with Crippen LogP contribution < -0.4 is 20.3 Å². The summed E-state index contributed by atoms with van der Waals surface area (Å²) in [5.74, 6) is 0.645. The molecule has 27 heavy (non-hydrogen) atoms. The largest absolute Gasteiger partial charge is 0.482 e. The van der Waals surface area contributed by atoms with Gasteiger partial charge in [0.15, 0.2) is 6.61 Å². The molecule has 2 N–H and O–H groups in total. The molecule has 2 heterocycles. The van der Waals surface area contributed by atoms with E-state index >= 15 is 0 Å². The summed E-state index contributed by atoms with van der Waals surface area (Å²) in [6.45, 7) is 2.54. The average molecular weight is 430 g/mol. The van der Waals surface area contributed by atoms with Crippen molar-refractivity contribution in [2.45, 2.75) is 6.42 Å². The molecule has 7 heteroatoms. The molecule has 1 saturated heterocycles. The Bertz CT molecular complexity index is 869. The van der Waals surface area contributed by atoms with Crippen LogP contribution >= 0.6 is 15.9 Å². The Kier molecular flexibility index (Phi) is 5.03. The molecule has 1 fully saturated rings. The molecular formula is C20H20BrN3O3. The number of fused-ring (bicyclic) bond motifs is 1. The number of nitrogens with one attached hydrogen (secondary N) is 2. The zero-order valence-electron chi connectivity index (χ0n) is 14.7. The first-order chi connectivity index (χ1) is 13.1. The van der Waals surface area contributed by atoms with Crippen molar-refractivity contribution in [2.75, 3.05) is 36.5 Å². The molecule has 0 radical (unpaired) electrons. The molecular weight excluding hydrogens is 410 g/mol. The lowest BCUT2D eigenvalue weighted by Gasteiger charge is -2.19. The normalized spacial score (nSPS) is 18.5. The maximum atomic E-state index is 12.5. The van der Waals surface area contributed by atoms with E-state index in [2.05, 4.69) is 43.6 Å². The number of nitrogens with zero attached hydrogens (tertiary/aromatic N) is 1. The van der Waals surface area contributed by atoms with Crippen LogP contribution in [0.15, 0.2) is 46.9 Å². The minimum absolute atomic E-state index is 0.0218. The first-order valence-electron chi connectivity index (χ1n) is 8.94. The molecule has 2 aliphatic rings. The lowest BCUT2D eigenvalue weighted by atomic mass is 10.1. The number of benzene rings is 2. The van der Waals surface area contributed by atoms with Gasteiger partial charge in [0.05, 0.1) is 5.69 Å². The predicted molar refractivity (Wildman–Crippen MR) is 107 cm³/mol. The highest BCUT2D eigenvalue weighted by Gasteiger charge is 2.24. The molecule has 140 valence electrons. The number of anilines is 2. The second-order valence-corrected chi connectivity index (χ2v) is 7.75. The Labute approximate surface area is 166 Å². The summed E-state index contributed by atoms with van der Waals surface area (Å²) in [5.41, 5.74) is 2.34. The summed E-state index contributed by atoms with van der Waals surface area (Å²) in [4.78, 5) is 26.1. The van der Waals surface area contributed by atoms with Gasteiger partial charge in [-0.2, -0.15) is 0 Å². The van der Waals surface area contributed by atoms with Crippen molar-refractivity contribution in [2.24, 2.45) is 5.92 Å². The van der Waals surface area contributed by atoms with E-state index in [1.54, 1.807) is 18.2 Å². The lowest BCUT2D eigenvalue weighted by molar-refractivity contribution is -0.118. The van der Waals surface area contributed by atoms with E-state index in [1.807, 2.05) is 12.1 Å². The highest BCUT2D eigenvalue weighted by Crippen LogP contribution is 2.29. The number of amides is 2. The molecule has 0 aliphatic carbocycles. The van der Waals surface area contributed by atoms with Gasteiger partial charge >= 0.3 is 0 Å². The van der Waals surface area contributed by atoms with E-state index in [-0.39, 0.29) is 18.4 Å². The molecule has 4 rings (SSSR count). The van der Waals surface area contributed by atoms with E-state index in [0.717, 1.165) is 24.0 Å². The molecule has 2 aromatic rings. The van der Waals surface area contributed by atoms with E-state index < -0.39 is 0 Å². The van der Waals surface area contributed by atoms with Gasteiger partial charge in [0.25, 0.3) is 11.8 Å². The zero-order chi connectivity index (χ0) is 18.8. The van der Waals surface area contributed by atoms with Crippen LogP contribution in [0.2, 0.25) is 0 Å². The number of carbonyl (C=O) groups excluding carboxylic acids is 2. The van der Waals surface area contributed by atoms with Gasteiger partial charge in [-0.25, -0.2) is 0 Å². The van der Waals surface area contributed by atoms with Crippen LogP contribution in [0.4, 0.5) is 11.4 Å². The maximum Gasteiger partial charge on any atom is 0.262 e. The molecule has 0 bridgehead atoms. The van der Waals surface area contributed by atoms with Crippen LogP contribution in [-0.4, -0.2) is 38.1 Å². The Morgan fingerprint density at radius 3 is 2.89 bits per heavy atom. The van der Waals surface area contributed by atoms with Gasteiger partial charge in [-0.1, -0.05) is 15.9 Å². The van der Waals surface area contributed by atoms with Gasteiger partial charge in [-0.05, 0) is 54.8 Å². The standard InChI is InChI=1S/C20H20BrN3O3/c21-15-2-4-16(5-3-15)24-8-7-13(11-24)10-22-20(26)14-1-6-17-18(9-14)27-12-19(25)23-17/h1-6,9,13H,7-8,10-12H2,(H,22,26)(H,23,25). The number of carbonyl (C=O) groups is 2. The van der Waals surface area contributed by atoms with Gasteiger partial charge < -0.3 is 20.3 Å². The minimum Gasteiger partial charge on any atom is -0.482 e. The van der Waals surface area contributed by atoms with Crippen LogP contribution in [0.1, 0.15) is 16.8 Å². The maximum absolute atomic E-state index is 12.5. The van der Waals surface area contributed by atoms with Gasteiger partial charge in [-0.3, -0.25) is 9.59 Å².